The van der Waals surface area contributed by atoms with Crippen molar-refractivity contribution in [1.29, 1.82) is 0 Å². The first-order valence-electron chi connectivity index (χ1n) is 7.66. The van der Waals surface area contributed by atoms with Gasteiger partial charge in [0.2, 0.25) is 0 Å². The molecule has 132 valence electrons. The second kappa shape index (κ2) is 7.47. The number of rotatable bonds is 4. The van der Waals surface area contributed by atoms with Gasteiger partial charge < -0.3 is 10.2 Å². The van der Waals surface area contributed by atoms with Gasteiger partial charge in [-0.1, -0.05) is 55.5 Å². The number of benzene rings is 1. The van der Waals surface area contributed by atoms with E-state index < -0.39 is 16.9 Å². The van der Waals surface area contributed by atoms with E-state index in [0.717, 1.165) is 5.06 Å². The van der Waals surface area contributed by atoms with Crippen molar-refractivity contribution in [3.63, 3.8) is 0 Å². The molecule has 1 aromatic carbocycles. The first kappa shape index (κ1) is 19.3. The fourth-order valence-corrected chi connectivity index (χ4v) is 4.75. The topological polar surface area (TPSA) is 55.8 Å². The van der Waals surface area contributed by atoms with Crippen LogP contribution < -0.4 is 5.32 Å². The van der Waals surface area contributed by atoms with Crippen molar-refractivity contribution in [3.05, 3.63) is 29.3 Å². The normalized spacial score (nSPS) is 19.7. The number of hydrogen-bond acceptors (Lipinski definition) is 4. The molecule has 8 heteroatoms. The Bertz CT molecular complexity index is 640. The van der Waals surface area contributed by atoms with Gasteiger partial charge in [0.1, 0.15) is 10.5 Å². The molecule has 1 saturated heterocycles. The second-order valence-corrected chi connectivity index (χ2v) is 9.40. The van der Waals surface area contributed by atoms with Crippen LogP contribution in [-0.2, 0) is 0 Å². The van der Waals surface area contributed by atoms with E-state index in [9.17, 15) is 10.0 Å². The van der Waals surface area contributed by atoms with E-state index in [4.69, 9.17) is 23.8 Å². The van der Waals surface area contributed by atoms with Gasteiger partial charge in [-0.3, -0.25) is 5.21 Å². The number of carbonyl (C=O) groups excluding carboxylic acids is 1. The molecule has 0 spiro atoms. The molecule has 0 aliphatic carbocycles. The molecule has 24 heavy (non-hydrogen) atoms. The van der Waals surface area contributed by atoms with Gasteiger partial charge in [0.15, 0.2) is 0 Å². The van der Waals surface area contributed by atoms with Gasteiger partial charge in [-0.15, -0.1) is 0 Å². The molecule has 1 unspecified atom stereocenters. The number of halogens is 1. The summed E-state index contributed by atoms with van der Waals surface area (Å²) >= 11 is 12.9. The molecule has 1 aromatic rings. The van der Waals surface area contributed by atoms with Gasteiger partial charge >= 0.3 is 6.03 Å². The zero-order chi connectivity index (χ0) is 18.1. The van der Waals surface area contributed by atoms with Crippen LogP contribution in [0.25, 0.3) is 0 Å². The minimum Gasteiger partial charge on any atom is -0.333 e. The Hall–Kier alpha value is -1.02. The number of thioether (sulfide) groups is 1. The summed E-state index contributed by atoms with van der Waals surface area (Å²) in [5.41, 5.74) is 0.521. The number of amides is 2. The van der Waals surface area contributed by atoms with Crippen LogP contribution >= 0.6 is 35.6 Å². The lowest BCUT2D eigenvalue weighted by atomic mass is 10.1. The van der Waals surface area contributed by atoms with E-state index in [-0.39, 0.29) is 0 Å². The smallest absolute Gasteiger partial charge is 0.333 e. The number of thiocarbonyl (C=S) groups is 1. The number of nitrogens with one attached hydrogen (secondary N) is 1. The van der Waals surface area contributed by atoms with Gasteiger partial charge in [-0.25, -0.2) is 4.79 Å². The van der Waals surface area contributed by atoms with Crippen molar-refractivity contribution in [2.75, 3.05) is 11.9 Å². The van der Waals surface area contributed by atoms with Crippen LogP contribution in [0.1, 0.15) is 27.7 Å². The van der Waals surface area contributed by atoms with E-state index in [1.807, 2.05) is 18.7 Å². The predicted molar refractivity (Wildman–Crippen MR) is 104 cm³/mol. The number of nitrogens with zero attached hydrogens (tertiary/aromatic N) is 2. The highest BCUT2D eigenvalue weighted by Crippen LogP contribution is 2.42. The van der Waals surface area contributed by atoms with E-state index >= 15 is 0 Å². The fourth-order valence-electron chi connectivity index (χ4n) is 2.66. The van der Waals surface area contributed by atoms with Gasteiger partial charge in [0.25, 0.3) is 0 Å². The Kier molecular flexibility index (Phi) is 6.01. The summed E-state index contributed by atoms with van der Waals surface area (Å²) < 4.78 is 0.264. The number of hydroxylamine groups is 2. The van der Waals surface area contributed by atoms with E-state index in [1.165, 1.54) is 11.8 Å². The Morgan fingerprint density at radius 3 is 2.79 bits per heavy atom. The van der Waals surface area contributed by atoms with Crippen LogP contribution in [0.4, 0.5) is 10.5 Å². The van der Waals surface area contributed by atoms with Crippen molar-refractivity contribution < 1.29 is 10.0 Å². The number of carbonyl (C=O) groups is 1. The molecule has 2 N–H and O–H groups in total. The zero-order valence-electron chi connectivity index (χ0n) is 14.1. The third-order valence-electron chi connectivity index (χ3n) is 3.58. The molecule has 1 fully saturated rings. The maximum atomic E-state index is 12.5. The molecule has 0 aromatic heterocycles. The molecule has 1 heterocycles. The van der Waals surface area contributed by atoms with Gasteiger partial charge in [0.05, 0.1) is 4.75 Å². The van der Waals surface area contributed by atoms with Crippen LogP contribution in [0.15, 0.2) is 24.3 Å². The third-order valence-corrected chi connectivity index (χ3v) is 5.45. The van der Waals surface area contributed by atoms with Crippen molar-refractivity contribution in [2.45, 2.75) is 38.6 Å². The molecular weight excluding hydrogens is 366 g/mol. The van der Waals surface area contributed by atoms with Crippen LogP contribution in [0.5, 0.6) is 0 Å². The van der Waals surface area contributed by atoms with Crippen LogP contribution in [0, 0.1) is 5.92 Å². The molecule has 1 aliphatic heterocycles. The molecule has 1 atom stereocenters. The van der Waals surface area contributed by atoms with Crippen LogP contribution in [0.3, 0.4) is 0 Å². The van der Waals surface area contributed by atoms with Gasteiger partial charge in [-0.2, -0.15) is 5.06 Å². The summed E-state index contributed by atoms with van der Waals surface area (Å²) in [4.78, 5) is 14.4. The average molecular weight is 388 g/mol. The summed E-state index contributed by atoms with van der Waals surface area (Å²) in [7, 11) is 0. The molecule has 0 bridgehead atoms. The van der Waals surface area contributed by atoms with Crippen LogP contribution in [-0.4, -0.2) is 43.0 Å². The first-order valence-corrected chi connectivity index (χ1v) is 9.26. The molecule has 5 nitrogen and oxygen atoms in total. The first-order chi connectivity index (χ1) is 11.1. The second-order valence-electron chi connectivity index (χ2n) is 6.68. The summed E-state index contributed by atoms with van der Waals surface area (Å²) in [6, 6.07) is 6.17. The van der Waals surface area contributed by atoms with Gasteiger partial charge in [-0.05, 0) is 38.0 Å². The zero-order valence-corrected chi connectivity index (χ0v) is 16.5. The third kappa shape index (κ3) is 4.33. The molecule has 0 radical (unpaired) electrons. The fraction of sp³-hybridized carbons (Fsp3) is 0.500. The van der Waals surface area contributed by atoms with Crippen molar-refractivity contribution in [3.8, 4) is 0 Å². The molecule has 1 aliphatic rings. The highest BCUT2D eigenvalue weighted by Gasteiger charge is 2.49. The summed E-state index contributed by atoms with van der Waals surface area (Å²) in [5, 5.41) is 14.5. The van der Waals surface area contributed by atoms with Gasteiger partial charge in [0, 0.05) is 17.3 Å². The Morgan fingerprint density at radius 2 is 2.21 bits per heavy atom. The average Bonchev–Trinajstić information content (AvgIpc) is 2.66. The maximum Gasteiger partial charge on any atom is 0.347 e. The lowest BCUT2D eigenvalue weighted by molar-refractivity contribution is -0.115. The molecule has 2 rings (SSSR count). The van der Waals surface area contributed by atoms with E-state index in [1.54, 1.807) is 24.3 Å². The summed E-state index contributed by atoms with van der Waals surface area (Å²) in [5.74, 6) is 0.351. The van der Waals surface area contributed by atoms with E-state index in [0.29, 0.717) is 27.5 Å². The number of hydrogen-bond donors (Lipinski definition) is 2. The predicted octanol–water partition coefficient (Wildman–Crippen LogP) is 4.66. The summed E-state index contributed by atoms with van der Waals surface area (Å²) in [6.45, 7) is 8.74. The quantitative estimate of drug-likeness (QED) is 0.447. The molecular formula is C16H22ClN3O2S2. The lowest BCUT2D eigenvalue weighted by Gasteiger charge is -2.37. The van der Waals surface area contributed by atoms with Crippen LogP contribution in [0.2, 0.25) is 5.02 Å². The SMILES string of the molecule is CC(C)CN1C(=S)SC(C)(C)C1N(O)C(=O)Nc1cccc(Cl)c1. The number of anilines is 1. The monoisotopic (exact) mass is 387 g/mol. The van der Waals surface area contributed by atoms with Crippen molar-refractivity contribution in [1.82, 2.24) is 9.96 Å². The maximum absolute atomic E-state index is 12.5. The Balaban J connectivity index is 2.19. The van der Waals surface area contributed by atoms with Crippen molar-refractivity contribution in [2.24, 2.45) is 5.92 Å². The summed E-state index contributed by atoms with van der Waals surface area (Å²) in [6.07, 6.45) is -0.545. The Morgan fingerprint density at radius 1 is 1.54 bits per heavy atom. The number of urea groups is 1. The van der Waals surface area contributed by atoms with Crippen molar-refractivity contribution >= 4 is 51.6 Å². The Labute approximate surface area is 157 Å². The molecule has 0 saturated carbocycles. The lowest BCUT2D eigenvalue weighted by Crippen LogP contribution is -2.56. The minimum atomic E-state index is -0.616. The molecule has 2 amide bonds. The largest absolute Gasteiger partial charge is 0.347 e. The standard InChI is InChI=1S/C16H22ClN3O2S2/c1-10(2)9-19-13(16(3,4)24-15(19)23)20(22)14(21)18-12-7-5-6-11(17)8-12/h5-8,10,13,22H,9H2,1-4H3,(H,18,21). The minimum absolute atomic E-state index is 0.351. The highest BCUT2D eigenvalue weighted by molar-refractivity contribution is 8.24. The highest BCUT2D eigenvalue weighted by atomic mass is 35.5. The van der Waals surface area contributed by atoms with E-state index in [2.05, 4.69) is 19.2 Å².